The van der Waals surface area contributed by atoms with Crippen molar-refractivity contribution in [3.05, 3.63) is 0 Å². The molecular formula is C15H28N4O2S. The zero-order chi connectivity index (χ0) is 16.2. The van der Waals surface area contributed by atoms with Crippen LogP contribution in [0.3, 0.4) is 0 Å². The topological polar surface area (TPSA) is 67.6 Å². The van der Waals surface area contributed by atoms with Crippen molar-refractivity contribution in [1.29, 1.82) is 5.26 Å². The van der Waals surface area contributed by atoms with Gasteiger partial charge in [-0.2, -0.15) is 5.26 Å². The minimum Gasteiger partial charge on any atom is -0.304 e. The summed E-state index contributed by atoms with van der Waals surface area (Å²) in [5.41, 5.74) is 0. The molecule has 2 aliphatic rings. The number of unbranched alkanes of at least 4 members (excludes halogenated alkanes) is 1. The minimum absolute atomic E-state index is 0.104. The summed E-state index contributed by atoms with van der Waals surface area (Å²) < 4.78 is 26.3. The minimum atomic E-state index is -3.20. The molecular weight excluding hydrogens is 300 g/mol. The average Bonchev–Trinajstić information content (AvgIpc) is 2.48. The third kappa shape index (κ3) is 4.42. The maximum absolute atomic E-state index is 12.3. The fraction of sp³-hybridized carbons (Fsp3) is 0.933. The molecule has 2 atom stereocenters. The third-order valence-corrected chi connectivity index (χ3v) is 6.84. The standard InChI is InChI=1S/C15H28N4O2S/c1-14-13-19(22(20,21)12-4-3-6-16)7-5-15(14)18-10-8-17(2)9-11-18/h14-15H,3-5,7-13H2,1-2H3. The Balaban J connectivity index is 1.88. The van der Waals surface area contributed by atoms with E-state index in [4.69, 9.17) is 5.26 Å². The molecule has 2 fully saturated rings. The number of sulfonamides is 1. The second kappa shape index (κ2) is 7.73. The van der Waals surface area contributed by atoms with Gasteiger partial charge in [0.2, 0.25) is 10.0 Å². The highest BCUT2D eigenvalue weighted by molar-refractivity contribution is 7.89. The van der Waals surface area contributed by atoms with E-state index in [-0.39, 0.29) is 5.75 Å². The lowest BCUT2D eigenvalue weighted by atomic mass is 9.93. The van der Waals surface area contributed by atoms with E-state index >= 15 is 0 Å². The van der Waals surface area contributed by atoms with Crippen LogP contribution < -0.4 is 0 Å². The molecule has 7 heteroatoms. The van der Waals surface area contributed by atoms with E-state index in [1.54, 1.807) is 4.31 Å². The van der Waals surface area contributed by atoms with Gasteiger partial charge in [-0.15, -0.1) is 0 Å². The smallest absolute Gasteiger partial charge is 0.214 e. The van der Waals surface area contributed by atoms with Gasteiger partial charge in [-0.3, -0.25) is 4.90 Å². The van der Waals surface area contributed by atoms with Crippen LogP contribution >= 0.6 is 0 Å². The van der Waals surface area contributed by atoms with Gasteiger partial charge in [0.05, 0.1) is 11.8 Å². The van der Waals surface area contributed by atoms with Crippen molar-refractivity contribution in [2.75, 3.05) is 52.1 Å². The van der Waals surface area contributed by atoms with Crippen molar-refractivity contribution in [2.24, 2.45) is 5.92 Å². The Kier molecular flexibility index (Phi) is 6.21. The van der Waals surface area contributed by atoms with E-state index < -0.39 is 10.0 Å². The number of hydrogen-bond donors (Lipinski definition) is 0. The molecule has 0 spiro atoms. The summed E-state index contributed by atoms with van der Waals surface area (Å²) in [5, 5.41) is 8.55. The Morgan fingerprint density at radius 1 is 1.18 bits per heavy atom. The van der Waals surface area contributed by atoms with Gasteiger partial charge in [-0.05, 0) is 25.8 Å². The first-order valence-corrected chi connectivity index (χ1v) is 9.82. The van der Waals surface area contributed by atoms with Gasteiger partial charge in [0.1, 0.15) is 0 Å². The van der Waals surface area contributed by atoms with E-state index in [1.807, 2.05) is 6.07 Å². The molecule has 2 heterocycles. The number of nitrogens with zero attached hydrogens (tertiary/aromatic N) is 4. The quantitative estimate of drug-likeness (QED) is 0.691. The highest BCUT2D eigenvalue weighted by atomic mass is 32.2. The Labute approximate surface area is 134 Å². The van der Waals surface area contributed by atoms with Crippen LogP contribution in [0.1, 0.15) is 26.2 Å². The molecule has 0 bridgehead atoms. The lowest BCUT2D eigenvalue weighted by Crippen LogP contribution is -2.56. The first-order chi connectivity index (χ1) is 10.4. The normalized spacial score (nSPS) is 29.3. The second-order valence-corrected chi connectivity index (χ2v) is 8.70. The first-order valence-electron chi connectivity index (χ1n) is 8.21. The summed E-state index contributed by atoms with van der Waals surface area (Å²) in [6.07, 6.45) is 1.67. The van der Waals surface area contributed by atoms with Crippen molar-refractivity contribution < 1.29 is 8.42 Å². The lowest BCUT2D eigenvalue weighted by molar-refractivity contribution is 0.0538. The molecule has 0 aromatic rings. The summed E-state index contributed by atoms with van der Waals surface area (Å²) in [6, 6.07) is 2.51. The molecule has 126 valence electrons. The molecule has 2 saturated heterocycles. The Morgan fingerprint density at radius 2 is 1.86 bits per heavy atom. The van der Waals surface area contributed by atoms with Crippen LogP contribution in [0.15, 0.2) is 0 Å². The van der Waals surface area contributed by atoms with Crippen molar-refractivity contribution >= 4 is 10.0 Å². The maximum atomic E-state index is 12.3. The molecule has 22 heavy (non-hydrogen) atoms. The number of rotatable bonds is 5. The van der Waals surface area contributed by atoms with Crippen molar-refractivity contribution in [2.45, 2.75) is 32.2 Å². The largest absolute Gasteiger partial charge is 0.304 e. The predicted octanol–water partition coefficient (Wildman–Crippen LogP) is 0.578. The van der Waals surface area contributed by atoms with Gasteiger partial charge >= 0.3 is 0 Å². The molecule has 0 amide bonds. The predicted molar refractivity (Wildman–Crippen MR) is 86.8 cm³/mol. The van der Waals surface area contributed by atoms with Gasteiger partial charge in [0.25, 0.3) is 0 Å². The molecule has 2 unspecified atom stereocenters. The molecule has 0 aromatic heterocycles. The number of likely N-dealkylation sites (N-methyl/N-ethyl adjacent to an activating group) is 1. The first kappa shape index (κ1) is 17.7. The lowest BCUT2D eigenvalue weighted by Gasteiger charge is -2.45. The van der Waals surface area contributed by atoms with Gasteiger partial charge < -0.3 is 4.90 Å². The Hall–Kier alpha value is -0.680. The van der Waals surface area contributed by atoms with Crippen LogP contribution in [0, 0.1) is 17.2 Å². The Morgan fingerprint density at radius 3 is 2.45 bits per heavy atom. The molecule has 0 radical (unpaired) electrons. The van der Waals surface area contributed by atoms with E-state index in [9.17, 15) is 8.42 Å². The second-order valence-electron chi connectivity index (χ2n) is 6.61. The molecule has 2 rings (SSSR count). The summed E-state index contributed by atoms with van der Waals surface area (Å²) >= 11 is 0. The van der Waals surface area contributed by atoms with Crippen LogP contribution in [0.4, 0.5) is 0 Å². The molecule has 6 nitrogen and oxygen atoms in total. The number of nitriles is 1. The molecule has 0 aliphatic carbocycles. The fourth-order valence-corrected chi connectivity index (χ4v) is 5.12. The highest BCUT2D eigenvalue weighted by Crippen LogP contribution is 2.25. The number of hydrogen-bond acceptors (Lipinski definition) is 5. The summed E-state index contributed by atoms with van der Waals surface area (Å²) in [5.74, 6) is 0.467. The maximum Gasteiger partial charge on any atom is 0.214 e. The zero-order valence-corrected chi connectivity index (χ0v) is 14.6. The van der Waals surface area contributed by atoms with Gasteiger partial charge in [0, 0.05) is 51.7 Å². The summed E-state index contributed by atoms with van der Waals surface area (Å²) in [7, 11) is -1.05. The van der Waals surface area contributed by atoms with Crippen molar-refractivity contribution in [3.63, 3.8) is 0 Å². The van der Waals surface area contributed by atoms with Crippen LogP contribution in [-0.2, 0) is 10.0 Å². The van der Waals surface area contributed by atoms with Crippen molar-refractivity contribution in [1.82, 2.24) is 14.1 Å². The van der Waals surface area contributed by atoms with E-state index in [2.05, 4.69) is 23.8 Å². The van der Waals surface area contributed by atoms with Crippen LogP contribution in [-0.4, -0.2) is 80.6 Å². The third-order valence-electron chi connectivity index (χ3n) is 4.91. The number of piperazine rings is 1. The fourth-order valence-electron chi connectivity index (χ4n) is 3.51. The monoisotopic (exact) mass is 328 g/mol. The molecule has 0 aromatic carbocycles. The summed E-state index contributed by atoms with van der Waals surface area (Å²) in [6.45, 7) is 7.77. The average molecular weight is 328 g/mol. The van der Waals surface area contributed by atoms with Gasteiger partial charge in [-0.25, -0.2) is 12.7 Å². The molecule has 2 aliphatic heterocycles. The van der Waals surface area contributed by atoms with E-state index in [1.165, 1.54) is 0 Å². The number of piperidine rings is 1. The van der Waals surface area contributed by atoms with Gasteiger partial charge in [0.15, 0.2) is 0 Å². The van der Waals surface area contributed by atoms with Crippen LogP contribution in [0.5, 0.6) is 0 Å². The van der Waals surface area contributed by atoms with Gasteiger partial charge in [-0.1, -0.05) is 6.92 Å². The van der Waals surface area contributed by atoms with Crippen molar-refractivity contribution in [3.8, 4) is 6.07 Å². The van der Waals surface area contributed by atoms with E-state index in [0.29, 0.717) is 37.9 Å². The van der Waals surface area contributed by atoms with Crippen LogP contribution in [0.2, 0.25) is 0 Å². The zero-order valence-electron chi connectivity index (χ0n) is 13.7. The highest BCUT2D eigenvalue weighted by Gasteiger charge is 2.35. The molecule has 0 N–H and O–H groups in total. The molecule has 0 saturated carbocycles. The van der Waals surface area contributed by atoms with E-state index in [0.717, 1.165) is 32.6 Å². The van der Waals surface area contributed by atoms with Crippen LogP contribution in [0.25, 0.3) is 0 Å². The SMILES string of the molecule is CC1CN(S(=O)(=O)CCCC#N)CCC1N1CCN(C)CC1. The summed E-state index contributed by atoms with van der Waals surface area (Å²) in [4.78, 5) is 4.88. The Bertz CT molecular complexity index is 494.